The molecule has 0 saturated carbocycles. The molecule has 1 aromatic carbocycles. The molecule has 0 bridgehead atoms. The highest BCUT2D eigenvalue weighted by Crippen LogP contribution is 2.17. The Hall–Kier alpha value is -3.65. The number of ether oxygens (including phenoxy) is 2. The Bertz CT molecular complexity index is 1180. The van der Waals surface area contributed by atoms with E-state index in [-0.39, 0.29) is 12.5 Å². The minimum atomic E-state index is -0.163. The fraction of sp³-hybridized carbons (Fsp3) is 0.320. The summed E-state index contributed by atoms with van der Waals surface area (Å²) in [6.45, 7) is 4.01. The van der Waals surface area contributed by atoms with Crippen molar-refractivity contribution in [1.29, 1.82) is 0 Å². The van der Waals surface area contributed by atoms with Crippen LogP contribution in [-0.2, 0) is 28.0 Å². The van der Waals surface area contributed by atoms with E-state index in [4.69, 9.17) is 14.3 Å². The molecule has 1 aliphatic rings. The number of nitrogens with zero attached hydrogens (tertiary/aromatic N) is 3. The summed E-state index contributed by atoms with van der Waals surface area (Å²) in [5.74, 6) is 0.421. The average molecular weight is 449 g/mol. The third kappa shape index (κ3) is 6.20. The topological polar surface area (TPSA) is 87.0 Å². The normalized spacial score (nSPS) is 14.1. The Morgan fingerprint density at radius 3 is 3.06 bits per heavy atom. The van der Waals surface area contributed by atoms with Crippen LogP contribution in [0.2, 0.25) is 0 Å². The van der Waals surface area contributed by atoms with E-state index in [1.54, 1.807) is 6.20 Å². The van der Waals surface area contributed by atoms with Crippen LogP contribution in [0.5, 0.6) is 5.88 Å². The first-order valence-electron chi connectivity index (χ1n) is 10.9. The molecule has 1 N–H and O–H groups in total. The molecule has 0 radical (unpaired) electrons. The number of aryl methyl sites for hydroxylation is 1. The van der Waals surface area contributed by atoms with Crippen molar-refractivity contribution in [1.82, 2.24) is 14.9 Å². The van der Waals surface area contributed by atoms with E-state index in [9.17, 15) is 4.79 Å². The van der Waals surface area contributed by atoms with Gasteiger partial charge in [-0.25, -0.2) is 0 Å². The third-order valence-corrected chi connectivity index (χ3v) is 5.40. The molecule has 3 aromatic rings. The number of aromatic nitrogens is 2. The van der Waals surface area contributed by atoms with Crippen molar-refractivity contribution in [3.8, 4) is 5.88 Å². The quantitative estimate of drug-likeness (QED) is 0.308. The minimum Gasteiger partial charge on any atom is -0.469 e. The van der Waals surface area contributed by atoms with Gasteiger partial charge in [-0.05, 0) is 31.0 Å². The summed E-state index contributed by atoms with van der Waals surface area (Å²) < 4.78 is 12.8. The number of rotatable bonds is 9. The van der Waals surface area contributed by atoms with Crippen molar-refractivity contribution in [2.75, 3.05) is 26.4 Å². The summed E-state index contributed by atoms with van der Waals surface area (Å²) in [6.07, 6.45) is 6.52. The maximum absolute atomic E-state index is 12.1. The van der Waals surface area contributed by atoms with E-state index < -0.39 is 0 Å². The van der Waals surface area contributed by atoms with Crippen LogP contribution in [0.25, 0.3) is 10.9 Å². The smallest absolute Gasteiger partial charge is 0.258 e. The first kappa shape index (κ1) is 22.5. The second-order valence-corrected chi connectivity index (χ2v) is 7.91. The van der Waals surface area contributed by atoms with E-state index in [1.807, 2.05) is 67.2 Å². The van der Waals surface area contributed by atoms with Crippen LogP contribution in [0.4, 0.5) is 0 Å². The highest BCUT2D eigenvalue weighted by Gasteiger charge is 2.11. The maximum Gasteiger partial charge on any atom is 0.258 e. The average Bonchev–Trinajstić information content (AvgIpc) is 3.22. The second-order valence-electron chi connectivity index (χ2n) is 7.91. The van der Waals surface area contributed by atoms with E-state index in [1.165, 1.54) is 5.57 Å². The van der Waals surface area contributed by atoms with Crippen molar-refractivity contribution >= 4 is 22.5 Å². The van der Waals surface area contributed by atoms with E-state index in [2.05, 4.69) is 15.5 Å². The molecule has 0 saturated heterocycles. The zero-order valence-corrected chi connectivity index (χ0v) is 18.9. The molecule has 0 fully saturated rings. The molecule has 0 atom stereocenters. The number of amides is 1. The molecule has 3 heterocycles. The van der Waals surface area contributed by atoms with Gasteiger partial charge < -0.3 is 24.2 Å². The molecular formula is C25H28N4O4. The van der Waals surface area contributed by atoms with Crippen LogP contribution in [-0.4, -0.2) is 47.5 Å². The minimum absolute atomic E-state index is 0.0518. The summed E-state index contributed by atoms with van der Waals surface area (Å²) in [4.78, 5) is 22.0. The van der Waals surface area contributed by atoms with E-state index in [0.29, 0.717) is 32.2 Å². The standard InChI is InChI=1S/C25H28N4O4/c1-18(28-33-16-20-5-6-21-4-3-9-26-23(21)12-20)22-13-25(29(2)15-22)32-17-24(30)27-14-19-7-10-31-11-8-19/h3-7,9,12-13,15H,8,10-11,14,16-17H2,1-2H3,(H,27,30)/b28-18-. The molecule has 4 rings (SSSR count). The summed E-state index contributed by atoms with van der Waals surface area (Å²) in [5, 5.41) is 8.20. The van der Waals surface area contributed by atoms with Gasteiger partial charge in [-0.3, -0.25) is 9.78 Å². The highest BCUT2D eigenvalue weighted by atomic mass is 16.6. The molecule has 8 nitrogen and oxygen atoms in total. The van der Waals surface area contributed by atoms with Crippen LogP contribution < -0.4 is 10.1 Å². The Morgan fingerprint density at radius 2 is 2.21 bits per heavy atom. The third-order valence-electron chi connectivity index (χ3n) is 5.40. The predicted octanol–water partition coefficient (Wildman–Crippen LogP) is 3.36. The van der Waals surface area contributed by atoms with Gasteiger partial charge in [0.1, 0.15) is 6.61 Å². The Morgan fingerprint density at radius 1 is 1.30 bits per heavy atom. The van der Waals surface area contributed by atoms with Crippen molar-refractivity contribution in [2.45, 2.75) is 20.0 Å². The second kappa shape index (κ2) is 10.8. The molecule has 33 heavy (non-hydrogen) atoms. The Kier molecular flexibility index (Phi) is 7.36. The van der Waals surface area contributed by atoms with Gasteiger partial charge in [0, 0.05) is 43.0 Å². The SMILES string of the molecule is C/C(=N/OCc1ccc2cccnc2c1)c1cc(OCC(=O)NCC2=CCOCC2)n(C)c1. The maximum atomic E-state index is 12.1. The number of hydrogen-bond donors (Lipinski definition) is 1. The molecule has 1 amide bonds. The monoisotopic (exact) mass is 448 g/mol. The molecule has 1 aliphatic heterocycles. The van der Waals surface area contributed by atoms with Crippen LogP contribution in [0.1, 0.15) is 24.5 Å². The summed E-state index contributed by atoms with van der Waals surface area (Å²) >= 11 is 0. The zero-order valence-electron chi connectivity index (χ0n) is 18.9. The number of benzene rings is 1. The van der Waals surface area contributed by atoms with Crippen LogP contribution in [0, 0.1) is 0 Å². The van der Waals surface area contributed by atoms with Crippen molar-refractivity contribution in [2.24, 2.45) is 12.2 Å². The molecule has 0 aliphatic carbocycles. The van der Waals surface area contributed by atoms with Crippen molar-refractivity contribution in [3.05, 3.63) is 71.6 Å². The number of pyridine rings is 1. The van der Waals surface area contributed by atoms with E-state index >= 15 is 0 Å². The molecule has 2 aromatic heterocycles. The number of fused-ring (bicyclic) bond motifs is 1. The Balaban J connectivity index is 1.27. The number of hydrogen-bond acceptors (Lipinski definition) is 6. The van der Waals surface area contributed by atoms with Crippen LogP contribution in [0.3, 0.4) is 0 Å². The van der Waals surface area contributed by atoms with Crippen LogP contribution in [0.15, 0.2) is 65.6 Å². The summed E-state index contributed by atoms with van der Waals surface area (Å²) in [7, 11) is 1.86. The summed E-state index contributed by atoms with van der Waals surface area (Å²) in [5.41, 5.74) is 4.69. The van der Waals surface area contributed by atoms with E-state index in [0.717, 1.165) is 34.2 Å². The first-order valence-corrected chi connectivity index (χ1v) is 10.9. The van der Waals surface area contributed by atoms with Gasteiger partial charge in [0.2, 0.25) is 0 Å². The number of nitrogens with one attached hydrogen (secondary N) is 1. The lowest BCUT2D eigenvalue weighted by molar-refractivity contribution is -0.123. The van der Waals surface area contributed by atoms with Gasteiger partial charge in [-0.15, -0.1) is 0 Å². The van der Waals surface area contributed by atoms with Gasteiger partial charge in [0.05, 0.1) is 24.4 Å². The highest BCUT2D eigenvalue weighted by molar-refractivity contribution is 5.98. The first-order chi connectivity index (χ1) is 16.1. The van der Waals surface area contributed by atoms with Crippen LogP contribution >= 0.6 is 0 Å². The van der Waals surface area contributed by atoms with Gasteiger partial charge >= 0.3 is 0 Å². The van der Waals surface area contributed by atoms with Gasteiger partial charge in [-0.1, -0.05) is 35.0 Å². The zero-order chi connectivity index (χ0) is 23.0. The number of oxime groups is 1. The fourth-order valence-electron chi connectivity index (χ4n) is 3.47. The van der Waals surface area contributed by atoms with Crippen molar-refractivity contribution < 1.29 is 19.1 Å². The largest absolute Gasteiger partial charge is 0.469 e. The van der Waals surface area contributed by atoms with Crippen molar-refractivity contribution in [3.63, 3.8) is 0 Å². The van der Waals surface area contributed by atoms with Gasteiger partial charge in [-0.2, -0.15) is 0 Å². The Labute approximate surface area is 192 Å². The lowest BCUT2D eigenvalue weighted by Crippen LogP contribution is -2.31. The summed E-state index contributed by atoms with van der Waals surface area (Å²) in [6, 6.07) is 11.8. The molecule has 172 valence electrons. The lowest BCUT2D eigenvalue weighted by Gasteiger charge is -2.14. The van der Waals surface area contributed by atoms with Gasteiger partial charge in [0.25, 0.3) is 5.91 Å². The molecule has 0 unspecified atom stereocenters. The molecule has 0 spiro atoms. The molecule has 8 heteroatoms. The predicted molar refractivity (Wildman–Crippen MR) is 126 cm³/mol. The lowest BCUT2D eigenvalue weighted by atomic mass is 10.1. The van der Waals surface area contributed by atoms with Gasteiger partial charge in [0.15, 0.2) is 12.5 Å². The fourth-order valence-corrected chi connectivity index (χ4v) is 3.47. The number of carbonyl (C=O) groups is 1. The molecular weight excluding hydrogens is 420 g/mol. The number of carbonyl (C=O) groups excluding carboxylic acids is 1.